The van der Waals surface area contributed by atoms with Gasteiger partial charge in [0, 0.05) is 11.2 Å². The lowest BCUT2D eigenvalue weighted by molar-refractivity contribution is -0.149. The summed E-state index contributed by atoms with van der Waals surface area (Å²) in [6.45, 7) is 4.18. The highest BCUT2D eigenvalue weighted by atomic mass is 32.1. The van der Waals surface area contributed by atoms with E-state index in [1.165, 1.54) is 10.1 Å². The minimum absolute atomic E-state index is 0.00303. The predicted molar refractivity (Wildman–Crippen MR) is 84.1 cm³/mol. The predicted octanol–water partition coefficient (Wildman–Crippen LogP) is 2.53. The molecule has 0 radical (unpaired) electrons. The first-order valence-corrected chi connectivity index (χ1v) is 8.05. The molecule has 1 aliphatic heterocycles. The Hall–Kier alpha value is -1.88. The van der Waals surface area contributed by atoms with E-state index in [0.29, 0.717) is 13.0 Å². The van der Waals surface area contributed by atoms with E-state index in [0.717, 1.165) is 5.56 Å². The van der Waals surface area contributed by atoms with Gasteiger partial charge in [-0.15, -0.1) is 11.3 Å². The van der Waals surface area contributed by atoms with Gasteiger partial charge >= 0.3 is 0 Å². The maximum atomic E-state index is 12.4. The number of nitrogens with zero attached hydrogens (tertiary/aromatic N) is 1. The van der Waals surface area contributed by atoms with Gasteiger partial charge in [0.2, 0.25) is 11.8 Å². The van der Waals surface area contributed by atoms with Gasteiger partial charge in [-0.25, -0.2) is 0 Å². The summed E-state index contributed by atoms with van der Waals surface area (Å²) in [4.78, 5) is 26.2. The van der Waals surface area contributed by atoms with Crippen molar-refractivity contribution in [1.29, 1.82) is 0 Å². The van der Waals surface area contributed by atoms with Crippen LogP contribution in [0, 0.1) is 0 Å². The maximum Gasteiger partial charge on any atom is 0.245 e. The van der Waals surface area contributed by atoms with E-state index in [1.54, 1.807) is 23.2 Å². The Balaban J connectivity index is 1.94. The highest BCUT2D eigenvalue weighted by Gasteiger charge is 2.37. The first kappa shape index (κ1) is 14.1. The van der Waals surface area contributed by atoms with E-state index in [9.17, 15) is 9.59 Å². The third-order valence-electron chi connectivity index (χ3n) is 3.98. The number of fused-ring (bicyclic) bond motifs is 1. The fraction of sp³-hybridized carbons (Fsp3) is 0.375. The van der Waals surface area contributed by atoms with Gasteiger partial charge in [0.05, 0.1) is 0 Å². The molecule has 2 atom stereocenters. The molecule has 1 aromatic carbocycles. The number of piperazine rings is 1. The molecule has 0 bridgehead atoms. The molecule has 5 heteroatoms. The third-order valence-corrected chi connectivity index (χ3v) is 4.99. The lowest BCUT2D eigenvalue weighted by Gasteiger charge is -2.37. The fourth-order valence-electron chi connectivity index (χ4n) is 2.85. The summed E-state index contributed by atoms with van der Waals surface area (Å²) in [5.41, 5.74) is 1.12. The van der Waals surface area contributed by atoms with Gasteiger partial charge in [0.15, 0.2) is 0 Å². The largest absolute Gasteiger partial charge is 0.343 e. The van der Waals surface area contributed by atoms with Crippen LogP contribution in [-0.4, -0.2) is 28.8 Å². The molecule has 1 fully saturated rings. The molecule has 21 heavy (non-hydrogen) atoms. The summed E-state index contributed by atoms with van der Waals surface area (Å²) < 4.78 is 1.21. The normalized spacial score (nSPS) is 22.7. The average Bonchev–Trinajstić information content (AvgIpc) is 2.88. The molecule has 4 nitrogen and oxygen atoms in total. The van der Waals surface area contributed by atoms with Crippen molar-refractivity contribution in [3.63, 3.8) is 0 Å². The van der Waals surface area contributed by atoms with Gasteiger partial charge in [-0.2, -0.15) is 0 Å². The van der Waals surface area contributed by atoms with E-state index < -0.39 is 6.04 Å². The lowest BCUT2D eigenvalue weighted by Crippen LogP contribution is -2.61. The molecular formula is C16H18N2O2S. The second-order valence-corrected chi connectivity index (χ2v) is 6.29. The molecule has 1 aromatic heterocycles. The molecular weight excluding hydrogens is 284 g/mol. The number of carbonyl (C=O) groups is 2. The molecule has 2 amide bonds. The number of thiophene rings is 1. The van der Waals surface area contributed by atoms with E-state index in [1.807, 2.05) is 19.1 Å². The maximum absolute atomic E-state index is 12.4. The summed E-state index contributed by atoms with van der Waals surface area (Å²) in [6, 6.07) is 7.36. The van der Waals surface area contributed by atoms with Crippen LogP contribution in [0.5, 0.6) is 0 Å². The molecule has 1 saturated heterocycles. The van der Waals surface area contributed by atoms with E-state index in [4.69, 9.17) is 0 Å². The Morgan fingerprint density at radius 3 is 2.81 bits per heavy atom. The van der Waals surface area contributed by atoms with Gasteiger partial charge in [-0.3, -0.25) is 9.59 Å². The Labute approximate surface area is 127 Å². The van der Waals surface area contributed by atoms with Crippen LogP contribution in [0.3, 0.4) is 0 Å². The summed E-state index contributed by atoms with van der Waals surface area (Å²) in [7, 11) is 0. The van der Waals surface area contributed by atoms with Gasteiger partial charge in [0.25, 0.3) is 0 Å². The van der Waals surface area contributed by atoms with Crippen LogP contribution in [0.4, 0.5) is 0 Å². The standard InChI is InChI=1S/C16H18N2O2S/c1-3-13-15(19)17-10(2)16(20)18(13)8-11-9-21-14-7-5-4-6-12(11)14/h4-7,9-10,13H,3,8H2,1-2H3,(H,17,19). The van der Waals surface area contributed by atoms with Crippen molar-refractivity contribution in [2.45, 2.75) is 38.9 Å². The van der Waals surface area contributed by atoms with Crippen molar-refractivity contribution in [3.05, 3.63) is 35.2 Å². The van der Waals surface area contributed by atoms with Gasteiger partial charge in [0.1, 0.15) is 12.1 Å². The molecule has 2 aromatic rings. The average molecular weight is 302 g/mol. The minimum Gasteiger partial charge on any atom is -0.343 e. The van der Waals surface area contributed by atoms with Gasteiger partial charge in [-0.1, -0.05) is 25.1 Å². The zero-order chi connectivity index (χ0) is 15.0. The van der Waals surface area contributed by atoms with E-state index >= 15 is 0 Å². The summed E-state index contributed by atoms with van der Waals surface area (Å²) in [6.07, 6.45) is 0.631. The lowest BCUT2D eigenvalue weighted by atomic mass is 10.0. The number of benzene rings is 1. The summed E-state index contributed by atoms with van der Waals surface area (Å²) in [5.74, 6) is -0.0548. The number of amides is 2. The quantitative estimate of drug-likeness (QED) is 0.947. The van der Waals surface area contributed by atoms with Gasteiger partial charge < -0.3 is 10.2 Å². The van der Waals surface area contributed by atoms with E-state index in [2.05, 4.69) is 22.8 Å². The molecule has 110 valence electrons. The SMILES string of the molecule is CCC1C(=O)NC(C)C(=O)N1Cc1csc2ccccc12. The number of hydrogen-bond donors (Lipinski definition) is 1. The third kappa shape index (κ3) is 2.42. The Bertz CT molecular complexity index is 694. The van der Waals surface area contributed by atoms with Crippen LogP contribution in [0.2, 0.25) is 0 Å². The van der Waals surface area contributed by atoms with Crippen LogP contribution in [-0.2, 0) is 16.1 Å². The van der Waals surface area contributed by atoms with Crippen molar-refractivity contribution in [1.82, 2.24) is 10.2 Å². The monoisotopic (exact) mass is 302 g/mol. The molecule has 0 aliphatic carbocycles. The molecule has 1 aliphatic rings. The Kier molecular flexibility index (Phi) is 3.68. The zero-order valence-electron chi connectivity index (χ0n) is 12.1. The minimum atomic E-state index is -0.440. The first-order valence-electron chi connectivity index (χ1n) is 7.17. The number of hydrogen-bond acceptors (Lipinski definition) is 3. The number of nitrogens with one attached hydrogen (secondary N) is 1. The summed E-state index contributed by atoms with van der Waals surface area (Å²) in [5, 5.41) is 6.00. The second-order valence-electron chi connectivity index (χ2n) is 5.38. The van der Waals surface area contributed by atoms with Crippen molar-refractivity contribution < 1.29 is 9.59 Å². The highest BCUT2D eigenvalue weighted by molar-refractivity contribution is 7.17. The highest BCUT2D eigenvalue weighted by Crippen LogP contribution is 2.28. The Morgan fingerprint density at radius 2 is 2.05 bits per heavy atom. The van der Waals surface area contributed by atoms with Crippen molar-refractivity contribution >= 4 is 33.2 Å². The molecule has 0 saturated carbocycles. The molecule has 3 rings (SSSR count). The van der Waals surface area contributed by atoms with Crippen molar-refractivity contribution in [3.8, 4) is 0 Å². The first-order chi connectivity index (χ1) is 10.1. The fourth-order valence-corrected chi connectivity index (χ4v) is 3.80. The molecule has 2 unspecified atom stereocenters. The van der Waals surface area contributed by atoms with Crippen LogP contribution in [0.1, 0.15) is 25.8 Å². The van der Waals surface area contributed by atoms with Crippen molar-refractivity contribution in [2.75, 3.05) is 0 Å². The van der Waals surface area contributed by atoms with Crippen LogP contribution in [0.25, 0.3) is 10.1 Å². The van der Waals surface area contributed by atoms with Crippen LogP contribution >= 0.6 is 11.3 Å². The Morgan fingerprint density at radius 1 is 1.29 bits per heavy atom. The smallest absolute Gasteiger partial charge is 0.245 e. The van der Waals surface area contributed by atoms with E-state index in [-0.39, 0.29) is 17.9 Å². The second kappa shape index (κ2) is 5.48. The number of rotatable bonds is 3. The molecule has 0 spiro atoms. The topological polar surface area (TPSA) is 49.4 Å². The van der Waals surface area contributed by atoms with Crippen molar-refractivity contribution in [2.24, 2.45) is 0 Å². The zero-order valence-corrected chi connectivity index (χ0v) is 12.9. The summed E-state index contributed by atoms with van der Waals surface area (Å²) >= 11 is 1.68. The van der Waals surface area contributed by atoms with Crippen LogP contribution < -0.4 is 5.32 Å². The van der Waals surface area contributed by atoms with Gasteiger partial charge in [-0.05, 0) is 35.7 Å². The number of carbonyl (C=O) groups excluding carboxylic acids is 2. The molecule has 1 N–H and O–H groups in total. The van der Waals surface area contributed by atoms with Crippen LogP contribution in [0.15, 0.2) is 29.6 Å². The molecule has 2 heterocycles.